The Morgan fingerprint density at radius 1 is 1.17 bits per heavy atom. The van der Waals surface area contributed by atoms with E-state index in [0.717, 1.165) is 13.0 Å². The number of unbranched alkanes of at least 4 members (excludes halogenated alkanes) is 4. The third kappa shape index (κ3) is 6.55. The van der Waals surface area contributed by atoms with Crippen LogP contribution in [-0.4, -0.2) is 6.54 Å². The summed E-state index contributed by atoms with van der Waals surface area (Å²) in [4.78, 5) is 0. The van der Waals surface area contributed by atoms with Crippen LogP contribution in [0.15, 0.2) is 28.7 Å². The van der Waals surface area contributed by atoms with Gasteiger partial charge in [0, 0.05) is 4.47 Å². The van der Waals surface area contributed by atoms with Crippen LogP contribution in [0.4, 0.5) is 0 Å². The molecule has 0 saturated carbocycles. The molecule has 0 aliphatic carbocycles. The first-order valence-electron chi connectivity index (χ1n) is 7.20. The van der Waals surface area contributed by atoms with Crippen molar-refractivity contribution in [3.8, 4) is 0 Å². The molecule has 1 aromatic rings. The fourth-order valence-electron chi connectivity index (χ4n) is 2.34. The highest BCUT2D eigenvalue weighted by Crippen LogP contribution is 2.18. The molecular weight excluding hydrogens is 286 g/mol. The maximum absolute atomic E-state index is 5.89. The Morgan fingerprint density at radius 3 is 2.61 bits per heavy atom. The van der Waals surface area contributed by atoms with Crippen LogP contribution in [0.3, 0.4) is 0 Å². The SMILES string of the molecule is CCCCCCCC(CN)Cc1cccc(Br)c1. The first-order chi connectivity index (χ1) is 8.76. The monoisotopic (exact) mass is 311 g/mol. The molecule has 1 unspecified atom stereocenters. The van der Waals surface area contributed by atoms with Gasteiger partial charge in [-0.25, -0.2) is 0 Å². The minimum atomic E-state index is 0.640. The first kappa shape index (κ1) is 15.7. The molecule has 0 spiro atoms. The Morgan fingerprint density at radius 2 is 1.94 bits per heavy atom. The van der Waals surface area contributed by atoms with Crippen LogP contribution in [0.25, 0.3) is 0 Å². The lowest BCUT2D eigenvalue weighted by Crippen LogP contribution is -2.16. The summed E-state index contributed by atoms with van der Waals surface area (Å²) >= 11 is 3.52. The predicted molar refractivity (Wildman–Crippen MR) is 83.8 cm³/mol. The van der Waals surface area contributed by atoms with Crippen molar-refractivity contribution in [3.63, 3.8) is 0 Å². The molecule has 1 nitrogen and oxygen atoms in total. The largest absolute Gasteiger partial charge is 0.330 e. The zero-order chi connectivity index (χ0) is 13.2. The van der Waals surface area contributed by atoms with Crippen molar-refractivity contribution in [1.29, 1.82) is 0 Å². The molecule has 0 aromatic heterocycles. The Labute approximate surface area is 120 Å². The summed E-state index contributed by atoms with van der Waals surface area (Å²) in [7, 11) is 0. The lowest BCUT2D eigenvalue weighted by Gasteiger charge is -2.14. The van der Waals surface area contributed by atoms with E-state index in [-0.39, 0.29) is 0 Å². The summed E-state index contributed by atoms with van der Waals surface area (Å²) in [6.45, 7) is 3.07. The molecule has 0 bridgehead atoms. The van der Waals surface area contributed by atoms with Crippen molar-refractivity contribution in [2.45, 2.75) is 51.9 Å². The van der Waals surface area contributed by atoms with E-state index in [0.29, 0.717) is 5.92 Å². The number of halogens is 1. The molecule has 0 radical (unpaired) electrons. The maximum Gasteiger partial charge on any atom is 0.0177 e. The molecule has 18 heavy (non-hydrogen) atoms. The number of hydrogen-bond donors (Lipinski definition) is 1. The minimum Gasteiger partial charge on any atom is -0.330 e. The summed E-state index contributed by atoms with van der Waals surface area (Å²) in [5, 5.41) is 0. The molecule has 102 valence electrons. The summed E-state index contributed by atoms with van der Waals surface area (Å²) in [6.07, 6.45) is 9.15. The van der Waals surface area contributed by atoms with Crippen molar-refractivity contribution in [1.82, 2.24) is 0 Å². The van der Waals surface area contributed by atoms with Crippen LogP contribution in [0, 0.1) is 5.92 Å². The van der Waals surface area contributed by atoms with E-state index in [2.05, 4.69) is 47.1 Å². The average Bonchev–Trinajstić information content (AvgIpc) is 2.37. The van der Waals surface area contributed by atoms with Crippen LogP contribution in [0.1, 0.15) is 51.0 Å². The van der Waals surface area contributed by atoms with E-state index in [1.165, 1.54) is 48.6 Å². The maximum atomic E-state index is 5.89. The van der Waals surface area contributed by atoms with Crippen LogP contribution in [0.2, 0.25) is 0 Å². The molecule has 0 fully saturated rings. The molecule has 1 rings (SSSR count). The van der Waals surface area contributed by atoms with Gasteiger partial charge in [0.05, 0.1) is 0 Å². The number of hydrogen-bond acceptors (Lipinski definition) is 1. The molecule has 0 aliphatic rings. The van der Waals surface area contributed by atoms with Gasteiger partial charge in [-0.15, -0.1) is 0 Å². The summed E-state index contributed by atoms with van der Waals surface area (Å²) in [6, 6.07) is 8.59. The highest BCUT2D eigenvalue weighted by molar-refractivity contribution is 9.10. The van der Waals surface area contributed by atoms with Gasteiger partial charge in [-0.05, 0) is 43.0 Å². The van der Waals surface area contributed by atoms with Crippen LogP contribution >= 0.6 is 15.9 Å². The molecule has 2 N–H and O–H groups in total. The molecule has 2 heteroatoms. The minimum absolute atomic E-state index is 0.640. The Hall–Kier alpha value is -0.340. The summed E-state index contributed by atoms with van der Waals surface area (Å²) < 4.78 is 1.17. The predicted octanol–water partition coefficient (Wildman–Crippen LogP) is 4.93. The van der Waals surface area contributed by atoms with Crippen molar-refractivity contribution in [3.05, 3.63) is 34.3 Å². The summed E-state index contributed by atoms with van der Waals surface area (Å²) in [5.41, 5.74) is 7.28. The van der Waals surface area contributed by atoms with Gasteiger partial charge < -0.3 is 5.73 Å². The standard InChI is InChI=1S/C16H26BrN/c1-2-3-4-5-6-8-15(13-18)11-14-9-7-10-16(17)12-14/h7,9-10,12,15H,2-6,8,11,13,18H2,1H3. The van der Waals surface area contributed by atoms with Crippen molar-refractivity contribution >= 4 is 15.9 Å². The fourth-order valence-corrected chi connectivity index (χ4v) is 2.78. The molecule has 1 atom stereocenters. The van der Waals surface area contributed by atoms with Gasteiger partial charge in [0.2, 0.25) is 0 Å². The van der Waals surface area contributed by atoms with Gasteiger partial charge in [0.1, 0.15) is 0 Å². The van der Waals surface area contributed by atoms with E-state index in [1.54, 1.807) is 0 Å². The Bertz CT molecular complexity index is 325. The number of nitrogens with two attached hydrogens (primary N) is 1. The van der Waals surface area contributed by atoms with Gasteiger partial charge in [-0.2, -0.15) is 0 Å². The highest BCUT2D eigenvalue weighted by Gasteiger charge is 2.07. The molecular formula is C16H26BrN. The Kier molecular flexibility index (Phi) is 8.36. The van der Waals surface area contributed by atoms with E-state index in [9.17, 15) is 0 Å². The first-order valence-corrected chi connectivity index (χ1v) is 8.00. The third-order valence-electron chi connectivity index (χ3n) is 3.46. The molecule has 0 amide bonds. The summed E-state index contributed by atoms with van der Waals surface area (Å²) in [5.74, 6) is 0.640. The topological polar surface area (TPSA) is 26.0 Å². The lowest BCUT2D eigenvalue weighted by atomic mass is 9.93. The van der Waals surface area contributed by atoms with Gasteiger partial charge in [0.25, 0.3) is 0 Å². The van der Waals surface area contributed by atoms with Crippen molar-refractivity contribution < 1.29 is 0 Å². The van der Waals surface area contributed by atoms with Gasteiger partial charge in [0.15, 0.2) is 0 Å². The smallest absolute Gasteiger partial charge is 0.0177 e. The highest BCUT2D eigenvalue weighted by atomic mass is 79.9. The van der Waals surface area contributed by atoms with Crippen LogP contribution in [0.5, 0.6) is 0 Å². The van der Waals surface area contributed by atoms with Gasteiger partial charge >= 0.3 is 0 Å². The molecule has 0 aliphatic heterocycles. The number of benzene rings is 1. The average molecular weight is 312 g/mol. The van der Waals surface area contributed by atoms with E-state index in [1.807, 2.05) is 0 Å². The van der Waals surface area contributed by atoms with E-state index in [4.69, 9.17) is 5.73 Å². The van der Waals surface area contributed by atoms with E-state index < -0.39 is 0 Å². The van der Waals surface area contributed by atoms with Crippen molar-refractivity contribution in [2.24, 2.45) is 11.7 Å². The number of rotatable bonds is 9. The second-order valence-electron chi connectivity index (χ2n) is 5.14. The van der Waals surface area contributed by atoms with Crippen LogP contribution < -0.4 is 5.73 Å². The molecule has 1 aromatic carbocycles. The lowest BCUT2D eigenvalue weighted by molar-refractivity contribution is 0.458. The van der Waals surface area contributed by atoms with Gasteiger partial charge in [-0.1, -0.05) is 67.1 Å². The normalized spacial score (nSPS) is 12.6. The zero-order valence-corrected chi connectivity index (χ0v) is 13.1. The van der Waals surface area contributed by atoms with Gasteiger partial charge in [-0.3, -0.25) is 0 Å². The molecule has 0 heterocycles. The third-order valence-corrected chi connectivity index (χ3v) is 3.96. The van der Waals surface area contributed by atoms with Crippen molar-refractivity contribution in [2.75, 3.05) is 6.54 Å². The quantitative estimate of drug-likeness (QED) is 0.643. The van der Waals surface area contributed by atoms with E-state index >= 15 is 0 Å². The second kappa shape index (κ2) is 9.57. The zero-order valence-electron chi connectivity index (χ0n) is 11.5. The Balaban J connectivity index is 2.28. The molecule has 0 saturated heterocycles. The fraction of sp³-hybridized carbons (Fsp3) is 0.625. The second-order valence-corrected chi connectivity index (χ2v) is 6.05. The van der Waals surface area contributed by atoms with Crippen LogP contribution in [-0.2, 0) is 6.42 Å².